The first-order chi connectivity index (χ1) is 5.77. The highest BCUT2D eigenvalue weighted by molar-refractivity contribution is 9.11. The lowest BCUT2D eigenvalue weighted by Crippen LogP contribution is -1.90. The molecule has 0 aromatic carbocycles. The lowest BCUT2D eigenvalue weighted by Gasteiger charge is -1.98. The zero-order valence-electron chi connectivity index (χ0n) is 6.49. The highest BCUT2D eigenvalue weighted by atomic mass is 79.9. The summed E-state index contributed by atoms with van der Waals surface area (Å²) in [7, 11) is 0. The smallest absolute Gasteiger partial charge is 0.110 e. The lowest BCUT2D eigenvalue weighted by atomic mass is 10.6. The first-order valence-electron chi connectivity index (χ1n) is 3.53. The van der Waals surface area contributed by atoms with Gasteiger partial charge in [0.2, 0.25) is 0 Å². The first-order valence-corrected chi connectivity index (χ1v) is 5.14. The molecule has 0 spiro atoms. The third-order valence-corrected chi connectivity index (χ3v) is 3.25. The fourth-order valence-corrected chi connectivity index (χ4v) is 2.44. The number of aryl methyl sites for hydroxylation is 1. The summed E-state index contributed by atoms with van der Waals surface area (Å²) in [5, 5.41) is 1.19. The van der Waals surface area contributed by atoms with Crippen LogP contribution in [0.2, 0.25) is 0 Å². The molecule has 2 aromatic heterocycles. The molecule has 0 fully saturated rings. The second kappa shape index (κ2) is 3.03. The Hall–Kier alpha value is -0.610. The molecule has 12 heavy (non-hydrogen) atoms. The number of imidazole rings is 1. The zero-order valence-corrected chi connectivity index (χ0v) is 8.89. The van der Waals surface area contributed by atoms with Crippen LogP contribution >= 0.6 is 27.3 Å². The third kappa shape index (κ3) is 1.32. The largest absolute Gasteiger partial charge is 0.295 e. The summed E-state index contributed by atoms with van der Waals surface area (Å²) in [6.07, 6.45) is 3.77. The van der Waals surface area contributed by atoms with Crippen LogP contribution in [0.3, 0.4) is 0 Å². The van der Waals surface area contributed by atoms with E-state index in [-0.39, 0.29) is 0 Å². The molecule has 0 aliphatic carbocycles. The van der Waals surface area contributed by atoms with E-state index in [4.69, 9.17) is 0 Å². The topological polar surface area (TPSA) is 17.8 Å². The minimum atomic E-state index is 1.02. The van der Waals surface area contributed by atoms with Crippen molar-refractivity contribution < 1.29 is 0 Å². The predicted molar refractivity (Wildman–Crippen MR) is 53.9 cm³/mol. The number of hydrogen-bond donors (Lipinski definition) is 0. The van der Waals surface area contributed by atoms with Crippen LogP contribution in [-0.2, 0) is 0 Å². The summed E-state index contributed by atoms with van der Waals surface area (Å²) < 4.78 is 3.21. The molecule has 4 heteroatoms. The SMILES string of the molecule is Cc1nccn1-c1ccc(Br)s1. The molecule has 0 radical (unpaired) electrons. The number of halogens is 1. The average Bonchev–Trinajstić information content (AvgIpc) is 2.58. The van der Waals surface area contributed by atoms with Crippen LogP contribution in [0.5, 0.6) is 0 Å². The molecule has 0 bridgehead atoms. The van der Waals surface area contributed by atoms with Gasteiger partial charge in [-0.1, -0.05) is 0 Å². The molecule has 0 N–H and O–H groups in total. The maximum atomic E-state index is 4.16. The van der Waals surface area contributed by atoms with Gasteiger partial charge in [-0.2, -0.15) is 0 Å². The molecule has 0 amide bonds. The Labute approximate surface area is 83.0 Å². The molecule has 2 rings (SSSR count). The third-order valence-electron chi connectivity index (χ3n) is 1.62. The van der Waals surface area contributed by atoms with Gasteiger partial charge in [0, 0.05) is 12.4 Å². The van der Waals surface area contributed by atoms with Crippen molar-refractivity contribution in [2.24, 2.45) is 0 Å². The first kappa shape index (κ1) is 8.01. The second-order valence-corrected chi connectivity index (χ2v) is 4.86. The number of aromatic nitrogens is 2. The van der Waals surface area contributed by atoms with E-state index in [1.807, 2.05) is 25.4 Å². The van der Waals surface area contributed by atoms with E-state index in [0.29, 0.717) is 0 Å². The lowest BCUT2D eigenvalue weighted by molar-refractivity contribution is 0.994. The molecule has 0 saturated heterocycles. The normalized spacial score (nSPS) is 10.5. The molecule has 0 aliphatic heterocycles. The number of rotatable bonds is 1. The van der Waals surface area contributed by atoms with E-state index in [1.54, 1.807) is 11.3 Å². The van der Waals surface area contributed by atoms with Crippen molar-refractivity contribution in [1.82, 2.24) is 9.55 Å². The van der Waals surface area contributed by atoms with E-state index >= 15 is 0 Å². The van der Waals surface area contributed by atoms with Gasteiger partial charge in [0.15, 0.2) is 0 Å². The summed E-state index contributed by atoms with van der Waals surface area (Å²) in [6.45, 7) is 1.99. The van der Waals surface area contributed by atoms with E-state index in [0.717, 1.165) is 9.61 Å². The van der Waals surface area contributed by atoms with Gasteiger partial charge in [0.25, 0.3) is 0 Å². The maximum absolute atomic E-state index is 4.16. The molecule has 2 nitrogen and oxygen atoms in total. The van der Waals surface area contributed by atoms with Crippen LogP contribution in [0, 0.1) is 6.92 Å². The van der Waals surface area contributed by atoms with Crippen LogP contribution in [0.4, 0.5) is 0 Å². The summed E-state index contributed by atoms with van der Waals surface area (Å²) in [4.78, 5) is 4.16. The Balaban J connectivity index is 2.50. The maximum Gasteiger partial charge on any atom is 0.110 e. The van der Waals surface area contributed by atoms with Crippen molar-refractivity contribution in [3.05, 3.63) is 34.1 Å². The molecular weight excluding hydrogens is 236 g/mol. The molecular formula is C8H7BrN2S. The Morgan fingerprint density at radius 2 is 2.33 bits per heavy atom. The summed E-state index contributed by atoms with van der Waals surface area (Å²) in [5.74, 6) is 1.02. The Morgan fingerprint density at radius 1 is 1.50 bits per heavy atom. The van der Waals surface area contributed by atoms with Crippen LogP contribution in [0.15, 0.2) is 28.3 Å². The van der Waals surface area contributed by atoms with Crippen molar-refractivity contribution in [2.45, 2.75) is 6.92 Å². The van der Waals surface area contributed by atoms with E-state index in [1.165, 1.54) is 5.00 Å². The zero-order chi connectivity index (χ0) is 8.55. The number of hydrogen-bond acceptors (Lipinski definition) is 2. The van der Waals surface area contributed by atoms with Crippen LogP contribution in [0.1, 0.15) is 5.82 Å². The van der Waals surface area contributed by atoms with Gasteiger partial charge in [0.1, 0.15) is 10.8 Å². The van der Waals surface area contributed by atoms with Crippen molar-refractivity contribution in [3.63, 3.8) is 0 Å². The van der Waals surface area contributed by atoms with Crippen molar-refractivity contribution >= 4 is 27.3 Å². The fraction of sp³-hybridized carbons (Fsp3) is 0.125. The second-order valence-electron chi connectivity index (χ2n) is 2.42. The van der Waals surface area contributed by atoms with Gasteiger partial charge < -0.3 is 0 Å². The molecule has 0 saturated carbocycles. The van der Waals surface area contributed by atoms with Crippen LogP contribution in [-0.4, -0.2) is 9.55 Å². The van der Waals surface area contributed by atoms with E-state index < -0.39 is 0 Å². The molecule has 2 aromatic rings. The van der Waals surface area contributed by atoms with Gasteiger partial charge in [-0.3, -0.25) is 4.57 Å². The quantitative estimate of drug-likeness (QED) is 0.752. The van der Waals surface area contributed by atoms with Gasteiger partial charge in [-0.25, -0.2) is 4.98 Å². The summed E-state index contributed by atoms with van der Waals surface area (Å²) in [5.41, 5.74) is 0. The van der Waals surface area contributed by atoms with Gasteiger partial charge >= 0.3 is 0 Å². The molecule has 0 aliphatic rings. The Morgan fingerprint density at radius 3 is 2.83 bits per heavy atom. The average molecular weight is 243 g/mol. The minimum absolute atomic E-state index is 1.02. The molecule has 62 valence electrons. The minimum Gasteiger partial charge on any atom is -0.295 e. The summed E-state index contributed by atoms with van der Waals surface area (Å²) >= 11 is 5.13. The Bertz CT molecular complexity index is 391. The highest BCUT2D eigenvalue weighted by Crippen LogP contribution is 2.25. The van der Waals surface area contributed by atoms with Crippen LogP contribution < -0.4 is 0 Å². The molecule has 0 unspecified atom stereocenters. The van der Waals surface area contributed by atoms with Gasteiger partial charge in [-0.15, -0.1) is 11.3 Å². The monoisotopic (exact) mass is 242 g/mol. The van der Waals surface area contributed by atoms with Crippen molar-refractivity contribution in [3.8, 4) is 5.00 Å². The predicted octanol–water partition coefficient (Wildman–Crippen LogP) is 3.00. The highest BCUT2D eigenvalue weighted by Gasteiger charge is 2.01. The van der Waals surface area contributed by atoms with Gasteiger partial charge in [-0.05, 0) is 35.0 Å². The molecule has 0 atom stereocenters. The summed E-state index contributed by atoms with van der Waals surface area (Å²) in [6, 6.07) is 4.11. The van der Waals surface area contributed by atoms with Gasteiger partial charge in [0.05, 0.1) is 3.79 Å². The van der Waals surface area contributed by atoms with Crippen LogP contribution in [0.25, 0.3) is 5.00 Å². The number of nitrogens with zero attached hydrogens (tertiary/aromatic N) is 2. The van der Waals surface area contributed by atoms with E-state index in [9.17, 15) is 0 Å². The Kier molecular flexibility index (Phi) is 2.02. The van der Waals surface area contributed by atoms with Crippen molar-refractivity contribution in [2.75, 3.05) is 0 Å². The van der Waals surface area contributed by atoms with Crippen molar-refractivity contribution in [1.29, 1.82) is 0 Å². The fourth-order valence-electron chi connectivity index (χ4n) is 1.05. The standard InChI is InChI=1S/C8H7BrN2S/c1-6-10-4-5-11(6)8-3-2-7(9)12-8/h2-5H,1H3. The molecule has 2 heterocycles. The number of thiophene rings is 1. The van der Waals surface area contributed by atoms with E-state index in [2.05, 4.69) is 31.5 Å².